The van der Waals surface area contributed by atoms with E-state index in [2.05, 4.69) is 29.5 Å². The molecule has 3 N–H and O–H groups in total. The van der Waals surface area contributed by atoms with Gasteiger partial charge in [-0.15, -0.1) is 0 Å². The number of ether oxygens (including phenoxy) is 1. The van der Waals surface area contributed by atoms with Gasteiger partial charge >= 0.3 is 0 Å². The van der Waals surface area contributed by atoms with E-state index in [0.717, 1.165) is 31.9 Å². The van der Waals surface area contributed by atoms with Gasteiger partial charge in [-0.2, -0.15) is 0 Å². The van der Waals surface area contributed by atoms with E-state index in [0.29, 0.717) is 6.54 Å². The van der Waals surface area contributed by atoms with E-state index in [4.69, 9.17) is 10.5 Å². The number of hydrazine groups is 1. The van der Waals surface area contributed by atoms with Gasteiger partial charge in [-0.1, -0.05) is 25.5 Å². The van der Waals surface area contributed by atoms with Crippen LogP contribution in [0, 0.1) is 0 Å². The predicted octanol–water partition coefficient (Wildman–Crippen LogP) is 2.47. The van der Waals surface area contributed by atoms with Gasteiger partial charge in [0, 0.05) is 19.6 Å². The summed E-state index contributed by atoms with van der Waals surface area (Å²) in [7, 11) is 0. The van der Waals surface area contributed by atoms with Crippen molar-refractivity contribution in [3.8, 4) is 5.75 Å². The first kappa shape index (κ1) is 15.3. The Labute approximate surface area is 122 Å². The monoisotopic (exact) mass is 277 g/mol. The molecule has 0 aliphatic carbocycles. The fourth-order valence-electron chi connectivity index (χ4n) is 2.52. The highest BCUT2D eigenvalue weighted by Gasteiger charge is 2.16. The second-order valence-corrected chi connectivity index (χ2v) is 5.38. The molecule has 1 saturated heterocycles. The van der Waals surface area contributed by atoms with Crippen molar-refractivity contribution in [1.82, 2.24) is 10.4 Å². The smallest absolute Gasteiger partial charge is 0.119 e. The summed E-state index contributed by atoms with van der Waals surface area (Å²) >= 11 is 0. The molecule has 1 aliphatic heterocycles. The van der Waals surface area contributed by atoms with Crippen molar-refractivity contribution >= 4 is 0 Å². The number of nitrogens with zero attached hydrogens (tertiary/aromatic N) is 1. The number of nitrogens with two attached hydrogens (primary N) is 1. The zero-order valence-corrected chi connectivity index (χ0v) is 12.5. The maximum Gasteiger partial charge on any atom is 0.119 e. The summed E-state index contributed by atoms with van der Waals surface area (Å²) in [6, 6.07) is 8.48. The molecule has 0 radical (unpaired) electrons. The van der Waals surface area contributed by atoms with E-state index in [1.54, 1.807) is 0 Å². The van der Waals surface area contributed by atoms with Gasteiger partial charge in [-0.3, -0.25) is 0 Å². The molecule has 1 aromatic rings. The summed E-state index contributed by atoms with van der Waals surface area (Å²) < 4.78 is 5.61. The third-order valence-electron chi connectivity index (χ3n) is 3.69. The van der Waals surface area contributed by atoms with Crippen molar-refractivity contribution in [3.05, 3.63) is 29.8 Å². The van der Waals surface area contributed by atoms with Crippen LogP contribution in [0.5, 0.6) is 5.75 Å². The number of hydrogen-bond donors (Lipinski definition) is 2. The Morgan fingerprint density at radius 2 is 1.90 bits per heavy atom. The van der Waals surface area contributed by atoms with Gasteiger partial charge in [0.25, 0.3) is 0 Å². The number of benzene rings is 1. The lowest BCUT2D eigenvalue weighted by Crippen LogP contribution is -2.45. The lowest BCUT2D eigenvalue weighted by Gasteiger charge is -2.31. The molecule has 1 aliphatic rings. The first-order valence-corrected chi connectivity index (χ1v) is 7.77. The number of piperidine rings is 1. The third-order valence-corrected chi connectivity index (χ3v) is 3.69. The summed E-state index contributed by atoms with van der Waals surface area (Å²) in [5.41, 5.74) is 10.7. The average molecular weight is 277 g/mol. The number of nitrogens with one attached hydrogen (secondary N) is 1. The highest BCUT2D eigenvalue weighted by atomic mass is 16.5. The Balaban J connectivity index is 1.92. The van der Waals surface area contributed by atoms with Crippen LogP contribution in [0.2, 0.25) is 0 Å². The Morgan fingerprint density at radius 1 is 1.20 bits per heavy atom. The molecular formula is C16H27N3O. The zero-order chi connectivity index (χ0) is 14.2. The van der Waals surface area contributed by atoms with Crippen molar-refractivity contribution in [2.75, 3.05) is 26.2 Å². The van der Waals surface area contributed by atoms with E-state index in [-0.39, 0.29) is 6.04 Å². The molecule has 1 heterocycles. The van der Waals surface area contributed by atoms with Gasteiger partial charge in [-0.05, 0) is 37.0 Å². The first-order chi connectivity index (χ1) is 9.83. The molecule has 1 aromatic carbocycles. The molecular weight excluding hydrogens is 250 g/mol. The van der Waals surface area contributed by atoms with E-state index >= 15 is 0 Å². The standard InChI is InChI=1S/C16H27N3O/c1-2-12-20-15-8-6-14(7-9-15)16(13-17)18-19-10-4-3-5-11-19/h6-9,16,18H,2-5,10-13,17H2,1H3. The quantitative estimate of drug-likeness (QED) is 0.804. The van der Waals surface area contributed by atoms with Gasteiger partial charge in [0.2, 0.25) is 0 Å². The summed E-state index contributed by atoms with van der Waals surface area (Å²) in [6.45, 7) is 5.72. The summed E-state index contributed by atoms with van der Waals surface area (Å²) in [5.74, 6) is 0.935. The summed E-state index contributed by atoms with van der Waals surface area (Å²) in [6.07, 6.45) is 4.92. The summed E-state index contributed by atoms with van der Waals surface area (Å²) in [5, 5.41) is 2.31. The molecule has 1 unspecified atom stereocenters. The Kier molecular flexibility index (Phi) is 6.30. The molecule has 1 atom stereocenters. The van der Waals surface area contributed by atoms with E-state index in [1.165, 1.54) is 24.8 Å². The van der Waals surface area contributed by atoms with Crippen LogP contribution in [0.25, 0.3) is 0 Å². The van der Waals surface area contributed by atoms with Gasteiger partial charge in [0.05, 0.1) is 12.6 Å². The minimum Gasteiger partial charge on any atom is -0.494 e. The van der Waals surface area contributed by atoms with E-state index in [1.807, 2.05) is 12.1 Å². The lowest BCUT2D eigenvalue weighted by atomic mass is 10.1. The highest BCUT2D eigenvalue weighted by Crippen LogP contribution is 2.19. The van der Waals surface area contributed by atoms with Crippen LogP contribution in [0.3, 0.4) is 0 Å². The Morgan fingerprint density at radius 3 is 2.50 bits per heavy atom. The third kappa shape index (κ3) is 4.47. The SMILES string of the molecule is CCCOc1ccc(C(CN)NN2CCCCC2)cc1. The second-order valence-electron chi connectivity index (χ2n) is 5.38. The largest absolute Gasteiger partial charge is 0.494 e. The molecule has 20 heavy (non-hydrogen) atoms. The fourth-order valence-corrected chi connectivity index (χ4v) is 2.52. The van der Waals surface area contributed by atoms with Gasteiger partial charge in [0.1, 0.15) is 5.75 Å². The second kappa shape index (κ2) is 8.25. The van der Waals surface area contributed by atoms with Crippen molar-refractivity contribution in [1.29, 1.82) is 0 Å². The Bertz CT molecular complexity index is 374. The van der Waals surface area contributed by atoms with Gasteiger partial charge < -0.3 is 10.5 Å². The van der Waals surface area contributed by atoms with Crippen LogP contribution < -0.4 is 15.9 Å². The highest BCUT2D eigenvalue weighted by molar-refractivity contribution is 5.29. The molecule has 0 spiro atoms. The number of hydrogen-bond acceptors (Lipinski definition) is 4. The van der Waals surface area contributed by atoms with Crippen molar-refractivity contribution < 1.29 is 4.74 Å². The predicted molar refractivity (Wildman–Crippen MR) is 82.6 cm³/mol. The minimum absolute atomic E-state index is 0.188. The lowest BCUT2D eigenvalue weighted by molar-refractivity contribution is 0.130. The van der Waals surface area contributed by atoms with Crippen molar-refractivity contribution in [2.24, 2.45) is 5.73 Å². The maximum absolute atomic E-state index is 5.92. The van der Waals surface area contributed by atoms with Crippen molar-refractivity contribution in [3.63, 3.8) is 0 Å². The minimum atomic E-state index is 0.188. The Hall–Kier alpha value is -1.10. The topological polar surface area (TPSA) is 50.5 Å². The molecule has 0 saturated carbocycles. The molecule has 112 valence electrons. The van der Waals surface area contributed by atoms with Gasteiger partial charge in [-0.25, -0.2) is 10.4 Å². The molecule has 0 amide bonds. The maximum atomic E-state index is 5.92. The molecule has 1 fully saturated rings. The molecule has 4 heteroatoms. The summed E-state index contributed by atoms with van der Waals surface area (Å²) in [4.78, 5) is 0. The van der Waals surface area contributed by atoms with E-state index in [9.17, 15) is 0 Å². The van der Waals surface area contributed by atoms with Crippen molar-refractivity contribution in [2.45, 2.75) is 38.6 Å². The first-order valence-electron chi connectivity index (χ1n) is 7.77. The van der Waals surface area contributed by atoms with Crippen LogP contribution >= 0.6 is 0 Å². The van der Waals surface area contributed by atoms with Crippen LogP contribution in [-0.4, -0.2) is 31.3 Å². The van der Waals surface area contributed by atoms with Gasteiger partial charge in [0.15, 0.2) is 0 Å². The van der Waals surface area contributed by atoms with Crippen LogP contribution in [0.1, 0.15) is 44.2 Å². The molecule has 4 nitrogen and oxygen atoms in total. The van der Waals surface area contributed by atoms with Crippen LogP contribution in [-0.2, 0) is 0 Å². The normalized spacial score (nSPS) is 17.9. The molecule has 0 bridgehead atoms. The zero-order valence-electron chi connectivity index (χ0n) is 12.5. The van der Waals surface area contributed by atoms with Crippen LogP contribution in [0.4, 0.5) is 0 Å². The molecule has 2 rings (SSSR count). The van der Waals surface area contributed by atoms with Crippen LogP contribution in [0.15, 0.2) is 24.3 Å². The molecule has 0 aromatic heterocycles. The average Bonchev–Trinajstić information content (AvgIpc) is 2.52. The van der Waals surface area contributed by atoms with E-state index < -0.39 is 0 Å². The number of rotatable bonds is 7. The fraction of sp³-hybridized carbons (Fsp3) is 0.625.